The number of hydrogen-bond acceptors (Lipinski definition) is 4. The van der Waals surface area contributed by atoms with E-state index >= 15 is 0 Å². The molecule has 1 heterocycles. The lowest BCUT2D eigenvalue weighted by Gasteiger charge is -2.28. The molecule has 2 aromatic carbocycles. The van der Waals surface area contributed by atoms with E-state index in [0.29, 0.717) is 0 Å². The van der Waals surface area contributed by atoms with Gasteiger partial charge in [0.1, 0.15) is 5.75 Å². The zero-order valence-electron chi connectivity index (χ0n) is 21.7. The van der Waals surface area contributed by atoms with Crippen LogP contribution in [0.25, 0.3) is 0 Å². The van der Waals surface area contributed by atoms with Crippen molar-refractivity contribution >= 4 is 0 Å². The minimum atomic E-state index is 0.280. The molecule has 1 unspecified atom stereocenters. The zero-order valence-corrected chi connectivity index (χ0v) is 21.7. The van der Waals surface area contributed by atoms with E-state index in [2.05, 4.69) is 48.6 Å². The van der Waals surface area contributed by atoms with Gasteiger partial charge in [-0.25, -0.2) is 0 Å². The molecule has 0 saturated carbocycles. The predicted octanol–water partition coefficient (Wildman–Crippen LogP) is 7.43. The van der Waals surface area contributed by atoms with Crippen molar-refractivity contribution in [3.05, 3.63) is 53.1 Å². The fourth-order valence-electron chi connectivity index (χ4n) is 4.89. The normalized spacial score (nSPS) is 15.1. The molecule has 0 radical (unpaired) electrons. The molecule has 1 aliphatic heterocycles. The molecule has 0 amide bonds. The van der Waals surface area contributed by atoms with Crippen LogP contribution in [0.4, 0.5) is 0 Å². The summed E-state index contributed by atoms with van der Waals surface area (Å²) in [6, 6.07) is 13.2. The summed E-state index contributed by atoms with van der Waals surface area (Å²) in [5, 5.41) is 3.67. The minimum absolute atomic E-state index is 0.280. The van der Waals surface area contributed by atoms with E-state index < -0.39 is 0 Å². The molecule has 188 valence electrons. The highest BCUT2D eigenvalue weighted by Crippen LogP contribution is 2.36. The molecule has 34 heavy (non-hydrogen) atoms. The SMILES string of the molecule is CCCCCCCCCCCCOc1ccc(CC2NCCc3cc(OC)c(OC)cc32)cc1. The first kappa shape index (κ1) is 26.4. The van der Waals surface area contributed by atoms with Gasteiger partial charge in [0.2, 0.25) is 0 Å². The highest BCUT2D eigenvalue weighted by Gasteiger charge is 2.22. The smallest absolute Gasteiger partial charge is 0.161 e. The molecule has 4 heteroatoms. The lowest BCUT2D eigenvalue weighted by Crippen LogP contribution is -2.31. The number of nitrogens with one attached hydrogen (secondary N) is 1. The summed E-state index contributed by atoms with van der Waals surface area (Å²) >= 11 is 0. The largest absolute Gasteiger partial charge is 0.494 e. The van der Waals surface area contributed by atoms with Gasteiger partial charge in [0.25, 0.3) is 0 Å². The van der Waals surface area contributed by atoms with E-state index in [-0.39, 0.29) is 6.04 Å². The summed E-state index contributed by atoms with van der Waals surface area (Å²) in [5.74, 6) is 2.58. The minimum Gasteiger partial charge on any atom is -0.494 e. The highest BCUT2D eigenvalue weighted by atomic mass is 16.5. The fraction of sp³-hybridized carbons (Fsp3) is 0.600. The van der Waals surface area contributed by atoms with Gasteiger partial charge < -0.3 is 19.5 Å². The van der Waals surface area contributed by atoms with Crippen molar-refractivity contribution in [3.63, 3.8) is 0 Å². The van der Waals surface area contributed by atoms with Crippen molar-refractivity contribution in [1.29, 1.82) is 0 Å². The lowest BCUT2D eigenvalue weighted by molar-refractivity contribution is 0.304. The molecule has 0 saturated heterocycles. The van der Waals surface area contributed by atoms with Crippen LogP contribution in [0.15, 0.2) is 36.4 Å². The highest BCUT2D eigenvalue weighted by molar-refractivity contribution is 5.49. The van der Waals surface area contributed by atoms with Gasteiger partial charge in [-0.3, -0.25) is 0 Å². The molecule has 1 N–H and O–H groups in total. The molecule has 1 aliphatic rings. The second-order valence-corrected chi connectivity index (χ2v) is 9.54. The Kier molecular flexibility index (Phi) is 11.6. The summed E-state index contributed by atoms with van der Waals surface area (Å²) in [7, 11) is 3.40. The van der Waals surface area contributed by atoms with Crippen LogP contribution >= 0.6 is 0 Å². The van der Waals surface area contributed by atoms with E-state index in [1.165, 1.54) is 74.5 Å². The maximum absolute atomic E-state index is 5.99. The first-order valence-electron chi connectivity index (χ1n) is 13.4. The van der Waals surface area contributed by atoms with Crippen LogP contribution in [0.2, 0.25) is 0 Å². The lowest BCUT2D eigenvalue weighted by atomic mass is 9.90. The van der Waals surface area contributed by atoms with Crippen LogP contribution in [0.1, 0.15) is 93.9 Å². The number of benzene rings is 2. The number of methoxy groups -OCH3 is 2. The van der Waals surface area contributed by atoms with Crippen molar-refractivity contribution < 1.29 is 14.2 Å². The maximum Gasteiger partial charge on any atom is 0.161 e. The Morgan fingerprint density at radius 3 is 2.06 bits per heavy atom. The molecule has 0 aromatic heterocycles. The standard InChI is InChI=1S/C30H45NO3/c1-4-5-6-7-8-9-10-11-12-13-20-34-26-16-14-24(15-17-26)21-28-27-23-30(33-3)29(32-2)22-25(27)18-19-31-28/h14-17,22-23,28,31H,4-13,18-21H2,1-3H3. The average Bonchev–Trinajstić information content (AvgIpc) is 2.87. The summed E-state index contributed by atoms with van der Waals surface area (Å²) in [4.78, 5) is 0. The molecule has 1 atom stereocenters. The van der Waals surface area contributed by atoms with E-state index in [4.69, 9.17) is 14.2 Å². The number of fused-ring (bicyclic) bond motifs is 1. The first-order valence-corrected chi connectivity index (χ1v) is 13.4. The van der Waals surface area contributed by atoms with Gasteiger partial charge >= 0.3 is 0 Å². The molecule has 0 fully saturated rings. The number of rotatable bonds is 16. The molecular weight excluding hydrogens is 422 g/mol. The summed E-state index contributed by atoms with van der Waals surface area (Å²) in [6.45, 7) is 4.07. The third-order valence-corrected chi connectivity index (χ3v) is 6.94. The van der Waals surface area contributed by atoms with E-state index in [1.807, 2.05) is 0 Å². The molecule has 0 bridgehead atoms. The van der Waals surface area contributed by atoms with Crippen LogP contribution in [0.3, 0.4) is 0 Å². The molecular formula is C30H45NO3. The van der Waals surface area contributed by atoms with Gasteiger partial charge in [-0.15, -0.1) is 0 Å². The van der Waals surface area contributed by atoms with Crippen molar-refractivity contribution in [2.24, 2.45) is 0 Å². The quantitative estimate of drug-likeness (QED) is 0.261. The average molecular weight is 468 g/mol. The van der Waals surface area contributed by atoms with Crippen molar-refractivity contribution in [1.82, 2.24) is 5.32 Å². The number of unbranched alkanes of at least 4 members (excludes halogenated alkanes) is 9. The van der Waals surface area contributed by atoms with Crippen molar-refractivity contribution in [2.45, 2.75) is 90.0 Å². The van der Waals surface area contributed by atoms with Crippen LogP contribution < -0.4 is 19.5 Å². The Morgan fingerprint density at radius 2 is 1.41 bits per heavy atom. The molecule has 4 nitrogen and oxygen atoms in total. The van der Waals surface area contributed by atoms with E-state index in [1.54, 1.807) is 14.2 Å². The maximum atomic E-state index is 5.99. The van der Waals surface area contributed by atoms with Crippen LogP contribution in [0, 0.1) is 0 Å². The van der Waals surface area contributed by atoms with Gasteiger partial charge in [-0.1, -0.05) is 76.8 Å². The molecule has 3 rings (SSSR count). The van der Waals surface area contributed by atoms with Crippen LogP contribution in [0.5, 0.6) is 17.2 Å². The van der Waals surface area contributed by atoms with E-state index in [0.717, 1.165) is 49.7 Å². The van der Waals surface area contributed by atoms with Crippen LogP contribution in [-0.2, 0) is 12.8 Å². The second kappa shape index (κ2) is 14.9. The Bertz CT molecular complexity index is 834. The van der Waals surface area contributed by atoms with Crippen molar-refractivity contribution in [3.8, 4) is 17.2 Å². The van der Waals surface area contributed by atoms with Gasteiger partial charge in [0.15, 0.2) is 11.5 Å². The van der Waals surface area contributed by atoms with Gasteiger partial charge in [-0.05, 0) is 66.8 Å². The monoisotopic (exact) mass is 467 g/mol. The summed E-state index contributed by atoms with van der Waals surface area (Å²) in [5.41, 5.74) is 3.97. The Hall–Kier alpha value is -2.20. The fourth-order valence-corrected chi connectivity index (χ4v) is 4.89. The zero-order chi connectivity index (χ0) is 24.0. The molecule has 0 aliphatic carbocycles. The van der Waals surface area contributed by atoms with Crippen molar-refractivity contribution in [2.75, 3.05) is 27.4 Å². The predicted molar refractivity (Wildman–Crippen MR) is 141 cm³/mol. The van der Waals surface area contributed by atoms with E-state index in [9.17, 15) is 0 Å². The summed E-state index contributed by atoms with van der Waals surface area (Å²) in [6.07, 6.45) is 15.4. The first-order chi connectivity index (χ1) is 16.7. The number of hydrogen-bond donors (Lipinski definition) is 1. The molecule has 2 aromatic rings. The third kappa shape index (κ3) is 8.23. The molecule has 0 spiro atoms. The second-order valence-electron chi connectivity index (χ2n) is 9.54. The van der Waals surface area contributed by atoms with Gasteiger partial charge in [0, 0.05) is 6.04 Å². The van der Waals surface area contributed by atoms with Crippen LogP contribution in [-0.4, -0.2) is 27.4 Å². The summed E-state index contributed by atoms with van der Waals surface area (Å²) < 4.78 is 17.0. The topological polar surface area (TPSA) is 39.7 Å². The van der Waals surface area contributed by atoms with Gasteiger partial charge in [0.05, 0.1) is 20.8 Å². The number of ether oxygens (including phenoxy) is 3. The van der Waals surface area contributed by atoms with Gasteiger partial charge in [-0.2, -0.15) is 0 Å². The Labute approximate surface area is 207 Å². The Morgan fingerprint density at radius 1 is 0.794 bits per heavy atom. The third-order valence-electron chi connectivity index (χ3n) is 6.94. The Balaban J connectivity index is 1.38.